The summed E-state index contributed by atoms with van der Waals surface area (Å²) in [6, 6.07) is 9.58. The van der Waals surface area contributed by atoms with Crippen molar-refractivity contribution in [1.82, 2.24) is 0 Å². The van der Waals surface area contributed by atoms with E-state index in [1.807, 2.05) is 31.2 Å². The molecule has 0 bridgehead atoms. The maximum atomic E-state index is 12.4. The average Bonchev–Trinajstić information content (AvgIpc) is 2.52. The van der Waals surface area contributed by atoms with Crippen LogP contribution in [0.5, 0.6) is 0 Å². The first kappa shape index (κ1) is 16.4. The lowest BCUT2D eigenvalue weighted by atomic mass is 9.81. The number of carbonyl (C=O) groups excluding carboxylic acids is 1. The molecular formula is C18H18N2O3. The van der Waals surface area contributed by atoms with Crippen LogP contribution in [0.1, 0.15) is 24.0 Å². The molecule has 2 N–H and O–H groups in total. The van der Waals surface area contributed by atoms with Crippen LogP contribution in [0.3, 0.4) is 0 Å². The Bertz CT molecular complexity index is 754. The van der Waals surface area contributed by atoms with E-state index in [9.17, 15) is 10.1 Å². The van der Waals surface area contributed by atoms with Crippen LogP contribution in [0.25, 0.3) is 0 Å². The van der Waals surface area contributed by atoms with Crippen molar-refractivity contribution in [2.24, 2.45) is 5.73 Å². The number of aryl methyl sites for hydroxylation is 1. The van der Waals surface area contributed by atoms with Crippen LogP contribution < -0.4 is 5.73 Å². The smallest absolute Gasteiger partial charge is 0.338 e. The van der Waals surface area contributed by atoms with Gasteiger partial charge in [0.15, 0.2) is 0 Å². The minimum Gasteiger partial charge on any atom is -0.458 e. The van der Waals surface area contributed by atoms with Gasteiger partial charge < -0.3 is 15.2 Å². The number of nitrogens with two attached hydrogens (primary N) is 1. The van der Waals surface area contributed by atoms with E-state index in [1.54, 1.807) is 6.92 Å². The minimum absolute atomic E-state index is 0.0125. The summed E-state index contributed by atoms with van der Waals surface area (Å²) in [5.41, 5.74) is 8.11. The molecule has 0 spiro atoms. The topological polar surface area (TPSA) is 85.3 Å². The molecule has 1 aromatic carbocycles. The van der Waals surface area contributed by atoms with Crippen LogP contribution in [-0.4, -0.2) is 12.6 Å². The fraction of sp³-hybridized carbons (Fsp3) is 0.222. The molecule has 0 aromatic heterocycles. The molecule has 0 fully saturated rings. The first-order valence-electron chi connectivity index (χ1n) is 7.13. The Morgan fingerprint density at radius 3 is 2.78 bits per heavy atom. The minimum atomic E-state index is -0.604. The van der Waals surface area contributed by atoms with Crippen molar-refractivity contribution in [2.75, 3.05) is 6.61 Å². The van der Waals surface area contributed by atoms with Crippen LogP contribution in [-0.2, 0) is 14.3 Å². The zero-order valence-corrected chi connectivity index (χ0v) is 13.1. The number of carbonyl (C=O) groups is 1. The lowest BCUT2D eigenvalue weighted by molar-refractivity contribution is -0.138. The molecular weight excluding hydrogens is 292 g/mol. The SMILES string of the molecule is C=CCOC(=O)C1=C(C)OC(N)=C(C#N)C1c1ccccc1C. The molecule has 5 nitrogen and oxygen atoms in total. The van der Waals surface area contributed by atoms with Crippen molar-refractivity contribution in [3.63, 3.8) is 0 Å². The summed E-state index contributed by atoms with van der Waals surface area (Å²) in [4.78, 5) is 12.4. The van der Waals surface area contributed by atoms with E-state index in [0.29, 0.717) is 5.76 Å². The number of esters is 1. The van der Waals surface area contributed by atoms with Crippen molar-refractivity contribution in [3.8, 4) is 6.07 Å². The molecule has 23 heavy (non-hydrogen) atoms. The van der Waals surface area contributed by atoms with Crippen LogP contribution in [0.15, 0.2) is 59.7 Å². The highest BCUT2D eigenvalue weighted by atomic mass is 16.5. The highest BCUT2D eigenvalue weighted by molar-refractivity contribution is 5.92. The van der Waals surface area contributed by atoms with E-state index in [4.69, 9.17) is 15.2 Å². The molecule has 1 atom stereocenters. The molecule has 0 saturated heterocycles. The van der Waals surface area contributed by atoms with Gasteiger partial charge in [-0.3, -0.25) is 0 Å². The molecule has 1 aromatic rings. The summed E-state index contributed by atoms with van der Waals surface area (Å²) < 4.78 is 10.5. The molecule has 1 heterocycles. The molecule has 5 heteroatoms. The van der Waals surface area contributed by atoms with Crippen LogP contribution in [0, 0.1) is 18.3 Å². The second-order valence-electron chi connectivity index (χ2n) is 5.14. The average molecular weight is 310 g/mol. The van der Waals surface area contributed by atoms with E-state index >= 15 is 0 Å². The first-order chi connectivity index (χ1) is 11.0. The molecule has 2 rings (SSSR count). The summed E-state index contributed by atoms with van der Waals surface area (Å²) in [5.74, 6) is -0.800. The predicted octanol–water partition coefficient (Wildman–Crippen LogP) is 2.81. The summed E-state index contributed by atoms with van der Waals surface area (Å²) in [6.45, 7) is 7.16. The van der Waals surface area contributed by atoms with Gasteiger partial charge in [-0.2, -0.15) is 5.26 Å². The number of benzene rings is 1. The maximum Gasteiger partial charge on any atom is 0.338 e. The Kier molecular flexibility index (Phi) is 4.87. The Morgan fingerprint density at radius 2 is 2.17 bits per heavy atom. The Labute approximate surface area is 135 Å². The van der Waals surface area contributed by atoms with Gasteiger partial charge in [0.2, 0.25) is 5.88 Å². The van der Waals surface area contributed by atoms with Gasteiger partial charge >= 0.3 is 5.97 Å². The summed E-state index contributed by atoms with van der Waals surface area (Å²) >= 11 is 0. The standard InChI is InChI=1S/C18H18N2O3/c1-4-9-22-18(21)15-12(3)23-17(20)14(10-19)16(15)13-8-6-5-7-11(13)2/h4-8,16H,1,9,20H2,2-3H3. The van der Waals surface area contributed by atoms with Crippen molar-refractivity contribution < 1.29 is 14.3 Å². The normalized spacial score (nSPS) is 17.3. The van der Waals surface area contributed by atoms with Crippen LogP contribution >= 0.6 is 0 Å². The molecule has 0 aliphatic carbocycles. The fourth-order valence-corrected chi connectivity index (χ4v) is 2.58. The van der Waals surface area contributed by atoms with Crippen molar-refractivity contribution in [3.05, 3.63) is 70.8 Å². The van der Waals surface area contributed by atoms with Gasteiger partial charge in [-0.05, 0) is 25.0 Å². The lowest BCUT2D eigenvalue weighted by Gasteiger charge is -2.27. The zero-order chi connectivity index (χ0) is 17.0. The lowest BCUT2D eigenvalue weighted by Crippen LogP contribution is -2.26. The van der Waals surface area contributed by atoms with Gasteiger partial charge in [0, 0.05) is 0 Å². The number of nitriles is 1. The van der Waals surface area contributed by atoms with E-state index in [-0.39, 0.29) is 23.6 Å². The van der Waals surface area contributed by atoms with E-state index < -0.39 is 11.9 Å². The third-order valence-corrected chi connectivity index (χ3v) is 3.66. The monoisotopic (exact) mass is 310 g/mol. The van der Waals surface area contributed by atoms with Crippen molar-refractivity contribution in [2.45, 2.75) is 19.8 Å². The van der Waals surface area contributed by atoms with Gasteiger partial charge in [-0.15, -0.1) is 0 Å². The van der Waals surface area contributed by atoms with Crippen molar-refractivity contribution in [1.29, 1.82) is 5.26 Å². The van der Waals surface area contributed by atoms with Crippen LogP contribution in [0.4, 0.5) is 0 Å². The van der Waals surface area contributed by atoms with Gasteiger partial charge in [0.1, 0.15) is 24.0 Å². The largest absolute Gasteiger partial charge is 0.458 e. The van der Waals surface area contributed by atoms with E-state index in [1.165, 1.54) is 6.08 Å². The summed E-state index contributed by atoms with van der Waals surface area (Å²) in [6.07, 6.45) is 1.48. The second-order valence-corrected chi connectivity index (χ2v) is 5.14. The Hall–Kier alpha value is -3.00. The number of ether oxygens (including phenoxy) is 2. The predicted molar refractivity (Wildman–Crippen MR) is 85.7 cm³/mol. The number of hydrogen-bond donors (Lipinski definition) is 1. The van der Waals surface area contributed by atoms with Crippen LogP contribution in [0.2, 0.25) is 0 Å². The molecule has 1 aliphatic rings. The fourth-order valence-electron chi connectivity index (χ4n) is 2.58. The summed E-state index contributed by atoms with van der Waals surface area (Å²) in [5, 5.41) is 9.49. The van der Waals surface area contributed by atoms with E-state index in [0.717, 1.165) is 11.1 Å². The highest BCUT2D eigenvalue weighted by Crippen LogP contribution is 2.40. The summed E-state index contributed by atoms with van der Waals surface area (Å²) in [7, 11) is 0. The molecule has 118 valence electrons. The number of allylic oxidation sites excluding steroid dienone is 2. The molecule has 1 unspecified atom stereocenters. The van der Waals surface area contributed by atoms with Gasteiger partial charge in [-0.25, -0.2) is 4.79 Å². The third kappa shape index (κ3) is 3.11. The molecule has 0 amide bonds. The highest BCUT2D eigenvalue weighted by Gasteiger charge is 2.36. The van der Waals surface area contributed by atoms with E-state index in [2.05, 4.69) is 12.6 Å². The number of nitrogens with zero attached hydrogens (tertiary/aromatic N) is 1. The third-order valence-electron chi connectivity index (χ3n) is 3.66. The van der Waals surface area contributed by atoms with Gasteiger partial charge in [0.05, 0.1) is 11.5 Å². The molecule has 0 saturated carbocycles. The second kappa shape index (κ2) is 6.84. The molecule has 1 aliphatic heterocycles. The zero-order valence-electron chi connectivity index (χ0n) is 13.1. The quantitative estimate of drug-likeness (QED) is 0.682. The van der Waals surface area contributed by atoms with Crippen molar-refractivity contribution >= 4 is 5.97 Å². The number of hydrogen-bond acceptors (Lipinski definition) is 5. The molecule has 0 radical (unpaired) electrons. The Morgan fingerprint density at radius 1 is 1.48 bits per heavy atom. The maximum absolute atomic E-state index is 12.4. The Balaban J connectivity index is 2.60. The van der Waals surface area contributed by atoms with Gasteiger partial charge in [0.25, 0.3) is 0 Å². The first-order valence-corrected chi connectivity index (χ1v) is 7.13. The van der Waals surface area contributed by atoms with Gasteiger partial charge in [-0.1, -0.05) is 36.9 Å². The number of rotatable bonds is 4.